The summed E-state index contributed by atoms with van der Waals surface area (Å²) in [7, 11) is 0. The number of tetrazole rings is 1. The van der Waals surface area contributed by atoms with Crippen LogP contribution < -0.4 is 5.32 Å². The fourth-order valence-corrected chi connectivity index (χ4v) is 2.50. The molecule has 3 rings (SSSR count). The molecule has 2 heterocycles. The molecule has 0 saturated carbocycles. The quantitative estimate of drug-likeness (QED) is 0.769. The minimum atomic E-state index is -0.0438. The predicted molar refractivity (Wildman–Crippen MR) is 76.3 cm³/mol. The summed E-state index contributed by atoms with van der Waals surface area (Å²) in [6.45, 7) is 0. The largest absolute Gasteiger partial charge is 0.326 e. The molecule has 20 heavy (non-hydrogen) atoms. The van der Waals surface area contributed by atoms with E-state index in [4.69, 9.17) is 0 Å². The molecule has 2 aromatic heterocycles. The van der Waals surface area contributed by atoms with Crippen molar-refractivity contribution in [3.63, 3.8) is 0 Å². The molecule has 0 saturated heterocycles. The van der Waals surface area contributed by atoms with Crippen LogP contribution in [0.4, 0.5) is 5.69 Å². The monoisotopic (exact) mass is 285 g/mol. The molecule has 0 aliphatic carbocycles. The van der Waals surface area contributed by atoms with E-state index in [0.29, 0.717) is 17.9 Å². The van der Waals surface area contributed by atoms with Gasteiger partial charge in [-0.25, -0.2) is 0 Å². The molecule has 0 unspecified atom stereocenters. The molecule has 1 aromatic carbocycles. The van der Waals surface area contributed by atoms with E-state index in [0.717, 1.165) is 10.4 Å². The number of rotatable bonds is 4. The van der Waals surface area contributed by atoms with Crippen LogP contribution >= 0.6 is 11.3 Å². The normalized spacial score (nSPS) is 10.4. The van der Waals surface area contributed by atoms with Crippen LogP contribution in [0.25, 0.3) is 11.4 Å². The van der Waals surface area contributed by atoms with Crippen LogP contribution in [-0.2, 0) is 11.2 Å². The fraction of sp³-hybridized carbons (Fsp3) is 0.0769. The Morgan fingerprint density at radius 2 is 2.25 bits per heavy atom. The number of hydrogen-bond acceptors (Lipinski definition) is 5. The number of benzene rings is 1. The second-order valence-electron chi connectivity index (χ2n) is 4.12. The van der Waals surface area contributed by atoms with Gasteiger partial charge in [-0.1, -0.05) is 18.2 Å². The lowest BCUT2D eigenvalue weighted by molar-refractivity contribution is -0.115. The van der Waals surface area contributed by atoms with Crippen molar-refractivity contribution in [1.29, 1.82) is 0 Å². The minimum Gasteiger partial charge on any atom is -0.326 e. The molecule has 1 amide bonds. The number of thiophene rings is 1. The molecule has 0 spiro atoms. The zero-order chi connectivity index (χ0) is 13.8. The highest BCUT2D eigenvalue weighted by Gasteiger charge is 2.07. The number of carbonyl (C=O) groups is 1. The van der Waals surface area contributed by atoms with E-state index < -0.39 is 0 Å². The molecule has 7 heteroatoms. The summed E-state index contributed by atoms with van der Waals surface area (Å²) in [5.74, 6) is 0.456. The molecule has 100 valence electrons. The number of amides is 1. The molecule has 0 aliphatic rings. The van der Waals surface area contributed by atoms with Gasteiger partial charge in [0.15, 0.2) is 0 Å². The molecule has 3 aromatic rings. The van der Waals surface area contributed by atoms with Crippen molar-refractivity contribution < 1.29 is 4.79 Å². The average molecular weight is 285 g/mol. The van der Waals surface area contributed by atoms with E-state index in [2.05, 4.69) is 25.9 Å². The number of anilines is 1. The first kappa shape index (κ1) is 12.5. The average Bonchev–Trinajstić information content (AvgIpc) is 3.11. The van der Waals surface area contributed by atoms with Gasteiger partial charge < -0.3 is 5.32 Å². The number of hydrogen-bond donors (Lipinski definition) is 2. The second-order valence-corrected chi connectivity index (χ2v) is 5.15. The smallest absolute Gasteiger partial charge is 0.229 e. The number of H-pyrrole nitrogens is 1. The molecule has 0 bridgehead atoms. The van der Waals surface area contributed by atoms with Gasteiger partial charge in [-0.3, -0.25) is 4.79 Å². The molecular formula is C13H11N5OS. The second kappa shape index (κ2) is 5.62. The van der Waals surface area contributed by atoms with Crippen molar-refractivity contribution in [2.45, 2.75) is 6.42 Å². The molecule has 0 radical (unpaired) electrons. The SMILES string of the molecule is O=C(Cc1cccs1)Nc1cccc(-c2nn[nH]n2)c1. The van der Waals surface area contributed by atoms with Crippen molar-refractivity contribution in [1.82, 2.24) is 20.6 Å². The zero-order valence-corrected chi connectivity index (χ0v) is 11.2. The summed E-state index contributed by atoms with van der Waals surface area (Å²) < 4.78 is 0. The van der Waals surface area contributed by atoms with Crippen molar-refractivity contribution in [3.05, 3.63) is 46.7 Å². The lowest BCUT2D eigenvalue weighted by Crippen LogP contribution is -2.13. The van der Waals surface area contributed by atoms with Crippen LogP contribution in [0.3, 0.4) is 0 Å². The summed E-state index contributed by atoms with van der Waals surface area (Å²) in [5.41, 5.74) is 1.52. The van der Waals surface area contributed by atoms with Crippen LogP contribution in [0.5, 0.6) is 0 Å². The molecule has 0 aliphatic heterocycles. The number of nitrogens with one attached hydrogen (secondary N) is 2. The number of aromatic amines is 1. The van der Waals surface area contributed by atoms with Crippen LogP contribution in [0.15, 0.2) is 41.8 Å². The van der Waals surface area contributed by atoms with Gasteiger partial charge in [0, 0.05) is 16.1 Å². The van der Waals surface area contributed by atoms with E-state index in [1.54, 1.807) is 11.3 Å². The van der Waals surface area contributed by atoms with Crippen LogP contribution in [-0.4, -0.2) is 26.5 Å². The zero-order valence-electron chi connectivity index (χ0n) is 10.4. The summed E-state index contributed by atoms with van der Waals surface area (Å²) in [6.07, 6.45) is 0.379. The van der Waals surface area contributed by atoms with Gasteiger partial charge in [-0.15, -0.1) is 21.5 Å². The third-order valence-electron chi connectivity index (χ3n) is 2.66. The van der Waals surface area contributed by atoms with E-state index in [1.807, 2.05) is 41.8 Å². The summed E-state index contributed by atoms with van der Waals surface area (Å²) in [4.78, 5) is 13.0. The van der Waals surface area contributed by atoms with Crippen molar-refractivity contribution in [2.24, 2.45) is 0 Å². The van der Waals surface area contributed by atoms with Gasteiger partial charge in [0.25, 0.3) is 0 Å². The Morgan fingerprint density at radius 1 is 1.30 bits per heavy atom. The Balaban J connectivity index is 1.71. The molecule has 6 nitrogen and oxygen atoms in total. The molecule has 0 fully saturated rings. The van der Waals surface area contributed by atoms with Crippen molar-refractivity contribution in [3.8, 4) is 11.4 Å². The van der Waals surface area contributed by atoms with Gasteiger partial charge in [-0.2, -0.15) is 5.21 Å². The Hall–Kier alpha value is -2.54. The number of nitrogens with zero attached hydrogens (tertiary/aromatic N) is 3. The summed E-state index contributed by atoms with van der Waals surface area (Å²) in [5, 5.41) is 18.6. The first-order chi connectivity index (χ1) is 9.81. The summed E-state index contributed by atoms with van der Waals surface area (Å²) >= 11 is 1.57. The Kier molecular flexibility index (Phi) is 3.51. The first-order valence-corrected chi connectivity index (χ1v) is 6.85. The van der Waals surface area contributed by atoms with Gasteiger partial charge in [-0.05, 0) is 28.8 Å². The van der Waals surface area contributed by atoms with Crippen molar-refractivity contribution in [2.75, 3.05) is 5.32 Å². The van der Waals surface area contributed by atoms with Crippen LogP contribution in [0.2, 0.25) is 0 Å². The predicted octanol–water partition coefficient (Wildman–Crippen LogP) is 2.11. The summed E-state index contributed by atoms with van der Waals surface area (Å²) in [6, 6.07) is 11.2. The maximum absolute atomic E-state index is 11.9. The highest BCUT2D eigenvalue weighted by atomic mass is 32.1. The Morgan fingerprint density at radius 3 is 3.00 bits per heavy atom. The lowest BCUT2D eigenvalue weighted by atomic mass is 10.2. The minimum absolute atomic E-state index is 0.0438. The van der Waals surface area contributed by atoms with E-state index >= 15 is 0 Å². The Labute approximate surface area is 118 Å². The van der Waals surface area contributed by atoms with Gasteiger partial charge >= 0.3 is 0 Å². The highest BCUT2D eigenvalue weighted by molar-refractivity contribution is 7.10. The molecule has 2 N–H and O–H groups in total. The van der Waals surface area contributed by atoms with Crippen LogP contribution in [0.1, 0.15) is 4.88 Å². The number of carbonyl (C=O) groups excluding carboxylic acids is 1. The van der Waals surface area contributed by atoms with Gasteiger partial charge in [0.1, 0.15) is 0 Å². The standard InChI is InChI=1S/C13H11N5OS/c19-12(8-11-5-2-6-20-11)14-10-4-1-3-9(7-10)13-15-17-18-16-13/h1-7H,8H2,(H,14,19)(H,15,16,17,18). The number of aromatic nitrogens is 4. The van der Waals surface area contributed by atoms with E-state index in [1.165, 1.54) is 0 Å². The molecular weight excluding hydrogens is 274 g/mol. The third kappa shape index (κ3) is 2.89. The maximum atomic E-state index is 11.9. The maximum Gasteiger partial charge on any atom is 0.229 e. The highest BCUT2D eigenvalue weighted by Crippen LogP contribution is 2.18. The van der Waals surface area contributed by atoms with E-state index in [-0.39, 0.29) is 5.91 Å². The third-order valence-corrected chi connectivity index (χ3v) is 3.54. The van der Waals surface area contributed by atoms with E-state index in [9.17, 15) is 4.79 Å². The fourth-order valence-electron chi connectivity index (χ4n) is 1.80. The first-order valence-electron chi connectivity index (χ1n) is 5.97. The molecule has 0 atom stereocenters. The Bertz CT molecular complexity index is 693. The topological polar surface area (TPSA) is 83.6 Å². The van der Waals surface area contributed by atoms with Crippen LogP contribution in [0, 0.1) is 0 Å². The van der Waals surface area contributed by atoms with Gasteiger partial charge in [0.2, 0.25) is 11.7 Å². The lowest BCUT2D eigenvalue weighted by Gasteiger charge is -2.05. The van der Waals surface area contributed by atoms with Crippen molar-refractivity contribution >= 4 is 22.9 Å². The van der Waals surface area contributed by atoms with Gasteiger partial charge in [0.05, 0.1) is 6.42 Å².